The fourth-order valence-corrected chi connectivity index (χ4v) is 8.81. The summed E-state index contributed by atoms with van der Waals surface area (Å²) >= 11 is 0. The molecule has 6 nitrogen and oxygen atoms in total. The van der Waals surface area contributed by atoms with Crippen LogP contribution in [0.5, 0.6) is 0 Å². The summed E-state index contributed by atoms with van der Waals surface area (Å²) in [6.45, 7) is 4.63. The maximum Gasteiger partial charge on any atom is 0.160 e. The molecule has 11 rings (SSSR count). The summed E-state index contributed by atoms with van der Waals surface area (Å²) in [6, 6.07) is 75.4. The van der Waals surface area contributed by atoms with E-state index in [0.29, 0.717) is 34.4 Å². The van der Waals surface area contributed by atoms with E-state index in [9.17, 15) is 0 Å². The Morgan fingerprint density at radius 2 is 0.656 bits per heavy atom. The van der Waals surface area contributed by atoms with Crippen molar-refractivity contribution in [3.63, 3.8) is 0 Å². The molecule has 10 aromatic rings. The van der Waals surface area contributed by atoms with Gasteiger partial charge in [0.1, 0.15) is 0 Å². The third-order valence-electron chi connectivity index (χ3n) is 12.1. The van der Waals surface area contributed by atoms with Gasteiger partial charge in [-0.3, -0.25) is 0 Å². The maximum atomic E-state index is 5.40. The van der Waals surface area contributed by atoms with Crippen molar-refractivity contribution < 1.29 is 0 Å². The lowest BCUT2D eigenvalue weighted by molar-refractivity contribution is 0.632. The SMILES string of the molecule is CC1(C)c2ccccc2N(c2ccc(-c3cc(-c4cc(-c5ccccc5)nc(-c5ccccc5)n4)nc(-c4cc(-c5ccccc5)nc(-c5ccccc5)n4)c3)cc2)c2ccccc21. The minimum atomic E-state index is -0.142. The molecule has 304 valence electrons. The first kappa shape index (κ1) is 38.6. The highest BCUT2D eigenvalue weighted by Crippen LogP contribution is 2.51. The smallest absolute Gasteiger partial charge is 0.160 e. The van der Waals surface area contributed by atoms with Crippen LogP contribution in [0.3, 0.4) is 0 Å². The second-order valence-electron chi connectivity index (χ2n) is 16.6. The zero-order chi connectivity index (χ0) is 43.0. The van der Waals surface area contributed by atoms with Gasteiger partial charge in [-0.1, -0.05) is 184 Å². The Kier molecular flexibility index (Phi) is 9.74. The quantitative estimate of drug-likeness (QED) is 0.152. The summed E-state index contributed by atoms with van der Waals surface area (Å²) in [4.78, 5) is 28.4. The summed E-state index contributed by atoms with van der Waals surface area (Å²) < 4.78 is 0. The summed E-state index contributed by atoms with van der Waals surface area (Å²) in [5, 5.41) is 0. The fraction of sp³-hybridized carbons (Fsp3) is 0.0517. The Hall–Kier alpha value is -8.35. The standard InChI is InChI=1S/C58H42N6/c1-58(2)46-27-15-17-29-54(46)64(55-30-18-16-28-47(55)58)45-33-31-39(32-34-45)44-35-50(52-37-48(40-19-7-3-8-20-40)60-56(62-52)42-23-11-5-12-24-42)59-51(36-44)53-38-49(41-21-9-4-10-22-41)61-57(63-53)43-25-13-6-14-26-43/h3-38H,1-2H3. The third-order valence-corrected chi connectivity index (χ3v) is 12.1. The number of hydrogen-bond acceptors (Lipinski definition) is 6. The lowest BCUT2D eigenvalue weighted by Gasteiger charge is -2.42. The van der Waals surface area contributed by atoms with Crippen LogP contribution in [0.25, 0.3) is 79.2 Å². The van der Waals surface area contributed by atoms with Crippen LogP contribution in [0.4, 0.5) is 17.1 Å². The lowest BCUT2D eigenvalue weighted by atomic mass is 9.73. The van der Waals surface area contributed by atoms with Crippen molar-refractivity contribution in [2.75, 3.05) is 4.90 Å². The van der Waals surface area contributed by atoms with E-state index in [-0.39, 0.29) is 5.41 Å². The first-order chi connectivity index (χ1) is 31.5. The molecular formula is C58H42N6. The topological polar surface area (TPSA) is 67.7 Å². The first-order valence-corrected chi connectivity index (χ1v) is 21.6. The zero-order valence-electron chi connectivity index (χ0n) is 35.5. The number of hydrogen-bond donors (Lipinski definition) is 0. The Balaban J connectivity index is 1.10. The number of para-hydroxylation sites is 2. The second-order valence-corrected chi connectivity index (χ2v) is 16.6. The number of anilines is 3. The largest absolute Gasteiger partial charge is 0.310 e. The van der Waals surface area contributed by atoms with E-state index in [4.69, 9.17) is 24.9 Å². The van der Waals surface area contributed by atoms with Crippen molar-refractivity contribution in [1.29, 1.82) is 0 Å². The van der Waals surface area contributed by atoms with Crippen LogP contribution in [0.15, 0.2) is 218 Å². The molecule has 3 aromatic heterocycles. The number of benzene rings is 7. The molecular weight excluding hydrogens is 781 g/mol. The van der Waals surface area contributed by atoms with Crippen LogP contribution in [0.1, 0.15) is 25.0 Å². The Bertz CT molecular complexity index is 2970. The highest BCUT2D eigenvalue weighted by atomic mass is 15.2. The highest BCUT2D eigenvalue weighted by molar-refractivity contribution is 5.87. The lowest BCUT2D eigenvalue weighted by Crippen LogP contribution is -2.30. The van der Waals surface area contributed by atoms with Gasteiger partial charge in [0.2, 0.25) is 0 Å². The van der Waals surface area contributed by atoms with Gasteiger partial charge in [-0.25, -0.2) is 24.9 Å². The van der Waals surface area contributed by atoms with Crippen molar-refractivity contribution in [1.82, 2.24) is 24.9 Å². The summed E-state index contributed by atoms with van der Waals surface area (Å²) in [6.07, 6.45) is 0. The van der Waals surface area contributed by atoms with Crippen molar-refractivity contribution in [3.05, 3.63) is 230 Å². The minimum absolute atomic E-state index is 0.142. The van der Waals surface area contributed by atoms with Gasteiger partial charge in [0.05, 0.1) is 45.5 Å². The summed E-state index contributed by atoms with van der Waals surface area (Å²) in [7, 11) is 0. The van der Waals surface area contributed by atoms with E-state index < -0.39 is 0 Å². The molecule has 4 heterocycles. The summed E-state index contributed by atoms with van der Waals surface area (Å²) in [5.74, 6) is 1.25. The molecule has 0 saturated carbocycles. The number of rotatable bonds is 8. The average molecular weight is 823 g/mol. The van der Waals surface area contributed by atoms with Crippen molar-refractivity contribution >= 4 is 17.1 Å². The molecule has 0 unspecified atom stereocenters. The van der Waals surface area contributed by atoms with Crippen LogP contribution in [0, 0.1) is 0 Å². The number of aromatic nitrogens is 5. The van der Waals surface area contributed by atoms with Gasteiger partial charge in [0.15, 0.2) is 11.6 Å². The van der Waals surface area contributed by atoms with Crippen molar-refractivity contribution in [2.45, 2.75) is 19.3 Å². The molecule has 1 aliphatic heterocycles. The molecule has 0 atom stereocenters. The molecule has 0 saturated heterocycles. The molecule has 0 amide bonds. The van der Waals surface area contributed by atoms with E-state index in [0.717, 1.165) is 50.5 Å². The van der Waals surface area contributed by atoms with Crippen molar-refractivity contribution in [3.8, 4) is 79.2 Å². The minimum Gasteiger partial charge on any atom is -0.310 e. The molecule has 1 aliphatic rings. The normalized spacial score (nSPS) is 12.6. The molecule has 0 fully saturated rings. The Morgan fingerprint density at radius 3 is 1.09 bits per heavy atom. The van der Waals surface area contributed by atoms with Crippen LogP contribution < -0.4 is 4.90 Å². The summed E-state index contributed by atoms with van der Waals surface area (Å²) in [5.41, 5.74) is 16.2. The molecule has 7 aromatic carbocycles. The van der Waals surface area contributed by atoms with Crippen LogP contribution >= 0.6 is 0 Å². The van der Waals surface area contributed by atoms with E-state index in [1.54, 1.807) is 0 Å². The van der Waals surface area contributed by atoms with E-state index in [1.807, 2.05) is 109 Å². The van der Waals surface area contributed by atoms with Gasteiger partial charge < -0.3 is 4.90 Å². The monoisotopic (exact) mass is 822 g/mol. The highest BCUT2D eigenvalue weighted by Gasteiger charge is 2.36. The Labute approximate surface area is 373 Å². The van der Waals surface area contributed by atoms with Crippen molar-refractivity contribution in [2.24, 2.45) is 0 Å². The average Bonchev–Trinajstić information content (AvgIpc) is 3.37. The second kappa shape index (κ2) is 16.2. The van der Waals surface area contributed by atoms with E-state index in [2.05, 4.69) is 128 Å². The van der Waals surface area contributed by atoms with E-state index >= 15 is 0 Å². The van der Waals surface area contributed by atoms with Gasteiger partial charge in [0.25, 0.3) is 0 Å². The fourth-order valence-electron chi connectivity index (χ4n) is 8.81. The number of nitrogens with zero attached hydrogens (tertiary/aromatic N) is 6. The predicted molar refractivity (Wildman–Crippen MR) is 260 cm³/mol. The van der Waals surface area contributed by atoms with Gasteiger partial charge in [-0.2, -0.15) is 0 Å². The molecule has 6 heteroatoms. The molecule has 0 bridgehead atoms. The number of pyridine rings is 1. The van der Waals surface area contributed by atoms with Crippen LogP contribution in [-0.4, -0.2) is 24.9 Å². The van der Waals surface area contributed by atoms with Gasteiger partial charge >= 0.3 is 0 Å². The molecule has 64 heavy (non-hydrogen) atoms. The number of fused-ring (bicyclic) bond motifs is 2. The third kappa shape index (κ3) is 7.21. The molecule has 0 aliphatic carbocycles. The maximum absolute atomic E-state index is 5.40. The van der Waals surface area contributed by atoms with Crippen LogP contribution in [-0.2, 0) is 5.41 Å². The van der Waals surface area contributed by atoms with E-state index in [1.165, 1.54) is 22.5 Å². The molecule has 0 N–H and O–H groups in total. The van der Waals surface area contributed by atoms with Gasteiger partial charge in [-0.05, 0) is 70.8 Å². The van der Waals surface area contributed by atoms with Crippen LogP contribution in [0.2, 0.25) is 0 Å². The predicted octanol–water partition coefficient (Wildman–Crippen LogP) is 14.4. The first-order valence-electron chi connectivity index (χ1n) is 21.6. The van der Waals surface area contributed by atoms with Gasteiger partial charge in [-0.15, -0.1) is 0 Å². The Morgan fingerprint density at radius 1 is 0.297 bits per heavy atom. The zero-order valence-corrected chi connectivity index (χ0v) is 35.5. The van der Waals surface area contributed by atoms with Gasteiger partial charge in [0, 0.05) is 33.4 Å². The molecule has 0 radical (unpaired) electrons. The molecule has 0 spiro atoms.